The van der Waals surface area contributed by atoms with Crippen LogP contribution in [-0.4, -0.2) is 29.6 Å². The van der Waals surface area contributed by atoms with Crippen molar-refractivity contribution in [3.05, 3.63) is 29.3 Å². The summed E-state index contributed by atoms with van der Waals surface area (Å²) in [6.07, 6.45) is -3.22. The molecule has 0 aromatic heterocycles. The van der Waals surface area contributed by atoms with Gasteiger partial charge in [0.2, 0.25) is 5.91 Å². The first-order valence-corrected chi connectivity index (χ1v) is 6.28. The molecule has 1 saturated heterocycles. The van der Waals surface area contributed by atoms with Crippen molar-refractivity contribution in [3.63, 3.8) is 0 Å². The van der Waals surface area contributed by atoms with Crippen LogP contribution in [0.5, 0.6) is 0 Å². The van der Waals surface area contributed by atoms with Gasteiger partial charge in [-0.3, -0.25) is 4.79 Å². The van der Waals surface area contributed by atoms with Gasteiger partial charge in [0, 0.05) is 0 Å². The zero-order chi connectivity index (χ0) is 15.6. The van der Waals surface area contributed by atoms with Crippen molar-refractivity contribution in [1.29, 1.82) is 0 Å². The van der Waals surface area contributed by atoms with Crippen LogP contribution in [0.2, 0.25) is 0 Å². The van der Waals surface area contributed by atoms with Crippen molar-refractivity contribution in [2.45, 2.75) is 25.1 Å². The molecule has 0 unspecified atom stereocenters. The molecule has 114 valence electrons. The van der Waals surface area contributed by atoms with Gasteiger partial charge >= 0.3 is 12.1 Å². The zero-order valence-corrected chi connectivity index (χ0v) is 10.8. The number of anilines is 1. The van der Waals surface area contributed by atoms with Gasteiger partial charge in [-0.1, -0.05) is 0 Å². The Morgan fingerprint density at radius 2 is 2.05 bits per heavy atom. The second-order valence-corrected chi connectivity index (χ2v) is 4.70. The Balaban J connectivity index is 2.26. The Hall–Kier alpha value is -2.09. The Kier molecular flexibility index (Phi) is 4.17. The van der Waals surface area contributed by atoms with Gasteiger partial charge in [0.05, 0.1) is 22.9 Å². The largest absolute Gasteiger partial charge is 0.478 e. The molecule has 3 N–H and O–H groups in total. The third-order valence-corrected chi connectivity index (χ3v) is 3.21. The average Bonchev–Trinajstić information content (AvgIpc) is 2.91. The molecular weight excluding hydrogens is 289 g/mol. The number of aromatic carboxylic acids is 1. The molecule has 8 heteroatoms. The van der Waals surface area contributed by atoms with Crippen LogP contribution >= 0.6 is 0 Å². The minimum atomic E-state index is -4.64. The van der Waals surface area contributed by atoms with E-state index in [1.54, 1.807) is 0 Å². The highest BCUT2D eigenvalue weighted by Gasteiger charge is 2.32. The maximum Gasteiger partial charge on any atom is 0.416 e. The Morgan fingerprint density at radius 3 is 2.57 bits per heavy atom. The molecule has 0 bridgehead atoms. The summed E-state index contributed by atoms with van der Waals surface area (Å²) in [4.78, 5) is 23.0. The van der Waals surface area contributed by atoms with Crippen LogP contribution in [0, 0.1) is 0 Å². The summed E-state index contributed by atoms with van der Waals surface area (Å²) in [5.41, 5.74) is -1.80. The van der Waals surface area contributed by atoms with Gasteiger partial charge in [-0.15, -0.1) is 0 Å². The van der Waals surface area contributed by atoms with E-state index in [1.165, 1.54) is 0 Å². The first-order chi connectivity index (χ1) is 9.79. The van der Waals surface area contributed by atoms with Crippen LogP contribution in [0.4, 0.5) is 18.9 Å². The number of alkyl halides is 3. The normalized spacial score (nSPS) is 18.5. The fraction of sp³-hybridized carbons (Fsp3) is 0.385. The number of carbonyl (C=O) groups is 2. The molecule has 5 nitrogen and oxygen atoms in total. The van der Waals surface area contributed by atoms with E-state index in [9.17, 15) is 22.8 Å². The molecule has 0 spiro atoms. The van der Waals surface area contributed by atoms with E-state index >= 15 is 0 Å². The monoisotopic (exact) mass is 302 g/mol. The lowest BCUT2D eigenvalue weighted by Gasteiger charge is -2.14. The standard InChI is InChI=1S/C13H13F3N2O3/c14-13(15,16)7-3-4-9(8(6-7)12(20)21)18-11(19)10-2-1-5-17-10/h3-4,6,10,17H,1-2,5H2,(H,18,19)(H,20,21)/t10-/m0/s1. The van der Waals surface area contributed by atoms with Gasteiger partial charge in [0.25, 0.3) is 0 Å². The second-order valence-electron chi connectivity index (χ2n) is 4.70. The molecule has 1 amide bonds. The van der Waals surface area contributed by atoms with E-state index in [2.05, 4.69) is 10.6 Å². The highest BCUT2D eigenvalue weighted by molar-refractivity contribution is 6.02. The second kappa shape index (κ2) is 5.72. The molecular formula is C13H13F3N2O3. The van der Waals surface area contributed by atoms with E-state index in [0.29, 0.717) is 19.0 Å². The average molecular weight is 302 g/mol. The van der Waals surface area contributed by atoms with Crippen LogP contribution in [-0.2, 0) is 11.0 Å². The molecule has 0 saturated carbocycles. The van der Waals surface area contributed by atoms with Crippen LogP contribution in [0.3, 0.4) is 0 Å². The third kappa shape index (κ3) is 3.52. The van der Waals surface area contributed by atoms with Crippen LogP contribution in [0.1, 0.15) is 28.8 Å². The number of halogens is 3. The minimum Gasteiger partial charge on any atom is -0.478 e. The summed E-state index contributed by atoms with van der Waals surface area (Å²) in [6.45, 7) is 0.677. The minimum absolute atomic E-state index is 0.144. The fourth-order valence-corrected chi connectivity index (χ4v) is 2.13. The number of hydrogen-bond donors (Lipinski definition) is 3. The number of rotatable bonds is 3. The summed E-state index contributed by atoms with van der Waals surface area (Å²) >= 11 is 0. The van der Waals surface area contributed by atoms with Crippen molar-refractivity contribution < 1.29 is 27.9 Å². The molecule has 0 aliphatic carbocycles. The molecule has 1 aliphatic rings. The number of benzene rings is 1. The number of hydrogen-bond acceptors (Lipinski definition) is 3. The van der Waals surface area contributed by atoms with Gasteiger partial charge in [-0.25, -0.2) is 4.79 Å². The number of nitrogens with one attached hydrogen (secondary N) is 2. The predicted molar refractivity (Wildman–Crippen MR) is 68.1 cm³/mol. The van der Waals surface area contributed by atoms with E-state index in [-0.39, 0.29) is 5.69 Å². The number of amides is 1. The maximum absolute atomic E-state index is 12.6. The Labute approximate surface area is 118 Å². The summed E-state index contributed by atoms with van der Waals surface area (Å²) < 4.78 is 37.7. The number of carbonyl (C=O) groups excluding carboxylic acids is 1. The SMILES string of the molecule is O=C(O)c1cc(C(F)(F)F)ccc1NC(=O)[C@@H]1CCCN1. The molecule has 1 atom stereocenters. The first kappa shape index (κ1) is 15.3. The van der Waals surface area contributed by atoms with Gasteiger partial charge in [-0.2, -0.15) is 13.2 Å². The number of carboxylic acid groups (broad SMARTS) is 1. The lowest BCUT2D eigenvalue weighted by Crippen LogP contribution is -2.35. The van der Waals surface area contributed by atoms with E-state index in [1.807, 2.05) is 0 Å². The van der Waals surface area contributed by atoms with Crippen LogP contribution in [0.15, 0.2) is 18.2 Å². The molecule has 0 radical (unpaired) electrons. The molecule has 1 heterocycles. The Bertz CT molecular complexity index is 566. The van der Waals surface area contributed by atoms with Crippen molar-refractivity contribution in [2.75, 3.05) is 11.9 Å². The van der Waals surface area contributed by atoms with Crippen LogP contribution in [0.25, 0.3) is 0 Å². The number of carboxylic acids is 1. The van der Waals surface area contributed by atoms with Crippen molar-refractivity contribution in [3.8, 4) is 0 Å². The molecule has 1 aliphatic heterocycles. The molecule has 2 rings (SSSR count). The first-order valence-electron chi connectivity index (χ1n) is 6.28. The highest BCUT2D eigenvalue weighted by atomic mass is 19.4. The van der Waals surface area contributed by atoms with Crippen LogP contribution < -0.4 is 10.6 Å². The van der Waals surface area contributed by atoms with Crippen molar-refractivity contribution >= 4 is 17.6 Å². The summed E-state index contributed by atoms with van der Waals surface area (Å²) in [7, 11) is 0. The van der Waals surface area contributed by atoms with Gasteiger partial charge < -0.3 is 15.7 Å². The van der Waals surface area contributed by atoms with Gasteiger partial charge in [-0.05, 0) is 37.6 Å². The lowest BCUT2D eigenvalue weighted by molar-refractivity contribution is -0.137. The van der Waals surface area contributed by atoms with Crippen molar-refractivity contribution in [1.82, 2.24) is 5.32 Å². The molecule has 1 aromatic rings. The van der Waals surface area contributed by atoms with Gasteiger partial charge in [0.15, 0.2) is 0 Å². The fourth-order valence-electron chi connectivity index (χ4n) is 2.13. The molecule has 1 fully saturated rings. The maximum atomic E-state index is 12.6. The Morgan fingerprint density at radius 1 is 1.33 bits per heavy atom. The molecule has 1 aromatic carbocycles. The summed E-state index contributed by atoms with van der Waals surface area (Å²) in [5.74, 6) is -1.98. The lowest BCUT2D eigenvalue weighted by atomic mass is 10.1. The van der Waals surface area contributed by atoms with E-state index in [4.69, 9.17) is 5.11 Å². The third-order valence-electron chi connectivity index (χ3n) is 3.21. The van der Waals surface area contributed by atoms with Gasteiger partial charge in [0.1, 0.15) is 0 Å². The smallest absolute Gasteiger partial charge is 0.416 e. The van der Waals surface area contributed by atoms with E-state index < -0.39 is 35.2 Å². The summed E-state index contributed by atoms with van der Waals surface area (Å²) in [6, 6.07) is 1.76. The quantitative estimate of drug-likeness (QED) is 0.799. The van der Waals surface area contributed by atoms with Crippen molar-refractivity contribution in [2.24, 2.45) is 0 Å². The zero-order valence-electron chi connectivity index (χ0n) is 10.8. The predicted octanol–water partition coefficient (Wildman–Crippen LogP) is 2.09. The van der Waals surface area contributed by atoms with E-state index in [0.717, 1.165) is 18.6 Å². The summed E-state index contributed by atoms with van der Waals surface area (Å²) in [5, 5.41) is 14.3. The molecule has 21 heavy (non-hydrogen) atoms. The highest BCUT2D eigenvalue weighted by Crippen LogP contribution is 2.32. The topological polar surface area (TPSA) is 78.4 Å².